The van der Waals surface area contributed by atoms with Crippen LogP contribution in [0.1, 0.15) is 29.6 Å². The Bertz CT molecular complexity index is 611. The number of rotatable bonds is 2. The Morgan fingerprint density at radius 3 is 2.29 bits per heavy atom. The number of carboxylic acids is 1. The van der Waals surface area contributed by atoms with Crippen LogP contribution in [0.4, 0.5) is 13.2 Å². The third-order valence-electron chi connectivity index (χ3n) is 4.31. The average molecular weight is 299 g/mol. The first-order valence-corrected chi connectivity index (χ1v) is 6.60. The van der Waals surface area contributed by atoms with Crippen molar-refractivity contribution in [2.75, 3.05) is 0 Å². The maximum Gasteiger partial charge on any atom is 0.308 e. The predicted molar refractivity (Wildman–Crippen MR) is 65.0 cm³/mol. The van der Waals surface area contributed by atoms with Gasteiger partial charge in [-0.05, 0) is 19.3 Å². The van der Waals surface area contributed by atoms with Crippen molar-refractivity contribution in [1.29, 1.82) is 0 Å². The highest BCUT2D eigenvalue weighted by Gasteiger charge is 2.52. The number of fused-ring (bicyclic) bond motifs is 2. The third kappa shape index (κ3) is 2.07. The fourth-order valence-electron chi connectivity index (χ4n) is 3.45. The van der Waals surface area contributed by atoms with E-state index in [4.69, 9.17) is 5.11 Å². The van der Waals surface area contributed by atoms with Gasteiger partial charge in [-0.1, -0.05) is 0 Å². The molecule has 3 unspecified atom stereocenters. The normalized spacial score (nSPS) is 27.2. The molecule has 0 radical (unpaired) electrons. The summed E-state index contributed by atoms with van der Waals surface area (Å²) in [5.41, 5.74) is -0.820. The predicted octanol–water partition coefficient (Wildman–Crippen LogP) is 2.18. The Kier molecular flexibility index (Phi) is 3.15. The molecule has 2 aliphatic rings. The molecule has 2 saturated heterocycles. The standard InChI is InChI=1S/C14H12F3NO3/c15-6-3-9(16)12(10(17)4-6)13(19)18-7-1-2-11(18)8(5-7)14(20)21/h3-4,7-8,11H,1-2,5H2,(H,20,21). The summed E-state index contributed by atoms with van der Waals surface area (Å²) in [6.45, 7) is 0. The molecule has 3 atom stereocenters. The number of hydrogen-bond acceptors (Lipinski definition) is 2. The van der Waals surface area contributed by atoms with Crippen LogP contribution >= 0.6 is 0 Å². The van der Waals surface area contributed by atoms with E-state index in [-0.39, 0.29) is 12.5 Å². The van der Waals surface area contributed by atoms with Gasteiger partial charge < -0.3 is 10.0 Å². The number of nitrogens with zero attached hydrogens (tertiary/aromatic N) is 1. The zero-order valence-corrected chi connectivity index (χ0v) is 10.9. The van der Waals surface area contributed by atoms with Crippen molar-refractivity contribution in [2.24, 2.45) is 5.92 Å². The Labute approximate surface area is 118 Å². The average Bonchev–Trinajstić information content (AvgIpc) is 2.94. The van der Waals surface area contributed by atoms with E-state index in [2.05, 4.69) is 0 Å². The molecule has 0 spiro atoms. The molecule has 1 amide bonds. The van der Waals surface area contributed by atoms with Gasteiger partial charge in [-0.15, -0.1) is 0 Å². The quantitative estimate of drug-likeness (QED) is 0.910. The van der Waals surface area contributed by atoms with E-state index in [0.717, 1.165) is 0 Å². The number of aliphatic carboxylic acids is 1. The highest BCUT2D eigenvalue weighted by atomic mass is 19.1. The zero-order valence-electron chi connectivity index (χ0n) is 10.9. The van der Waals surface area contributed by atoms with Gasteiger partial charge >= 0.3 is 5.97 Å². The van der Waals surface area contributed by atoms with E-state index in [1.807, 2.05) is 0 Å². The van der Waals surface area contributed by atoms with Gasteiger partial charge in [0.15, 0.2) is 0 Å². The van der Waals surface area contributed by atoms with E-state index in [1.165, 1.54) is 4.90 Å². The first kappa shape index (κ1) is 13.9. The van der Waals surface area contributed by atoms with Crippen molar-refractivity contribution in [3.63, 3.8) is 0 Å². The van der Waals surface area contributed by atoms with Crippen LogP contribution in [0.15, 0.2) is 12.1 Å². The number of halogens is 3. The molecular weight excluding hydrogens is 287 g/mol. The van der Waals surface area contributed by atoms with E-state index in [9.17, 15) is 22.8 Å². The summed E-state index contributed by atoms with van der Waals surface area (Å²) >= 11 is 0. The minimum atomic E-state index is -1.27. The molecule has 4 nitrogen and oxygen atoms in total. The van der Waals surface area contributed by atoms with E-state index < -0.39 is 46.9 Å². The summed E-state index contributed by atoms with van der Waals surface area (Å²) in [6.07, 6.45) is 1.40. The zero-order chi connectivity index (χ0) is 15.3. The number of carbonyl (C=O) groups is 2. The molecule has 2 aliphatic heterocycles. The van der Waals surface area contributed by atoms with E-state index in [1.54, 1.807) is 0 Å². The number of benzene rings is 1. The van der Waals surface area contributed by atoms with Gasteiger partial charge in [-0.2, -0.15) is 0 Å². The smallest absolute Gasteiger partial charge is 0.308 e. The maximum absolute atomic E-state index is 13.7. The first-order chi connectivity index (χ1) is 9.90. The molecule has 1 aromatic rings. The molecule has 2 bridgehead atoms. The molecular formula is C14H12F3NO3. The summed E-state index contributed by atoms with van der Waals surface area (Å²) in [5, 5.41) is 9.12. The van der Waals surface area contributed by atoms with Crippen molar-refractivity contribution in [3.8, 4) is 0 Å². The van der Waals surface area contributed by atoms with Crippen LogP contribution in [0.25, 0.3) is 0 Å². The molecule has 2 heterocycles. The van der Waals surface area contributed by atoms with Gasteiger partial charge in [0.2, 0.25) is 0 Å². The second-order valence-electron chi connectivity index (χ2n) is 5.44. The molecule has 0 aromatic heterocycles. The molecule has 3 rings (SSSR count). The summed E-state index contributed by atoms with van der Waals surface area (Å²) in [7, 11) is 0. The van der Waals surface area contributed by atoms with E-state index in [0.29, 0.717) is 25.0 Å². The largest absolute Gasteiger partial charge is 0.481 e. The second-order valence-corrected chi connectivity index (χ2v) is 5.44. The Hall–Kier alpha value is -2.05. The maximum atomic E-state index is 13.7. The van der Waals surface area contributed by atoms with Crippen LogP contribution in [0.3, 0.4) is 0 Å². The lowest BCUT2D eigenvalue weighted by Crippen LogP contribution is -2.38. The van der Waals surface area contributed by atoms with Crippen molar-refractivity contribution in [1.82, 2.24) is 4.90 Å². The number of amides is 1. The number of carbonyl (C=O) groups excluding carboxylic acids is 1. The highest BCUT2D eigenvalue weighted by Crippen LogP contribution is 2.42. The Morgan fingerprint density at radius 1 is 1.14 bits per heavy atom. The molecule has 112 valence electrons. The molecule has 2 fully saturated rings. The van der Waals surface area contributed by atoms with Crippen LogP contribution in [-0.4, -0.2) is 34.0 Å². The van der Waals surface area contributed by atoms with Gasteiger partial charge in [0.25, 0.3) is 5.91 Å². The Balaban J connectivity index is 1.96. The van der Waals surface area contributed by atoms with Gasteiger partial charge in [-0.25, -0.2) is 13.2 Å². The summed E-state index contributed by atoms with van der Waals surface area (Å²) < 4.78 is 40.3. The molecule has 1 aromatic carbocycles. The molecule has 0 saturated carbocycles. The molecule has 0 aliphatic carbocycles. The molecule has 1 N–H and O–H groups in total. The monoisotopic (exact) mass is 299 g/mol. The fourth-order valence-corrected chi connectivity index (χ4v) is 3.45. The van der Waals surface area contributed by atoms with E-state index >= 15 is 0 Å². The van der Waals surface area contributed by atoms with Crippen molar-refractivity contribution in [2.45, 2.75) is 31.3 Å². The number of hydrogen-bond donors (Lipinski definition) is 1. The lowest BCUT2D eigenvalue weighted by Gasteiger charge is -2.23. The van der Waals surface area contributed by atoms with Crippen molar-refractivity contribution < 1.29 is 27.9 Å². The third-order valence-corrected chi connectivity index (χ3v) is 4.31. The second kappa shape index (κ2) is 4.75. The van der Waals surface area contributed by atoms with Crippen molar-refractivity contribution in [3.05, 3.63) is 35.1 Å². The lowest BCUT2D eigenvalue weighted by molar-refractivity contribution is -0.142. The Morgan fingerprint density at radius 2 is 1.76 bits per heavy atom. The molecule has 21 heavy (non-hydrogen) atoms. The lowest BCUT2D eigenvalue weighted by atomic mass is 9.89. The van der Waals surface area contributed by atoms with Gasteiger partial charge in [0.1, 0.15) is 23.0 Å². The van der Waals surface area contributed by atoms with Gasteiger partial charge in [0, 0.05) is 24.2 Å². The van der Waals surface area contributed by atoms with Gasteiger partial charge in [-0.3, -0.25) is 9.59 Å². The fraction of sp³-hybridized carbons (Fsp3) is 0.429. The van der Waals surface area contributed by atoms with Crippen LogP contribution in [-0.2, 0) is 4.79 Å². The summed E-state index contributed by atoms with van der Waals surface area (Å²) in [5.74, 6) is -6.26. The summed E-state index contributed by atoms with van der Waals surface area (Å²) in [6, 6.07) is 0.0164. The number of carboxylic acid groups (broad SMARTS) is 1. The minimum Gasteiger partial charge on any atom is -0.481 e. The summed E-state index contributed by atoms with van der Waals surface area (Å²) in [4.78, 5) is 24.7. The topological polar surface area (TPSA) is 57.6 Å². The van der Waals surface area contributed by atoms with Crippen LogP contribution in [0.2, 0.25) is 0 Å². The first-order valence-electron chi connectivity index (χ1n) is 6.60. The van der Waals surface area contributed by atoms with Crippen LogP contribution in [0, 0.1) is 23.4 Å². The van der Waals surface area contributed by atoms with Gasteiger partial charge in [0.05, 0.1) is 5.92 Å². The SMILES string of the molecule is O=C(O)C1CC2CCC1N2C(=O)c1c(F)cc(F)cc1F. The minimum absolute atomic E-state index is 0.288. The highest BCUT2D eigenvalue weighted by molar-refractivity contribution is 5.96. The van der Waals surface area contributed by atoms with Crippen LogP contribution < -0.4 is 0 Å². The molecule has 7 heteroatoms. The van der Waals surface area contributed by atoms with Crippen molar-refractivity contribution >= 4 is 11.9 Å². The van der Waals surface area contributed by atoms with Crippen LogP contribution in [0.5, 0.6) is 0 Å².